The van der Waals surface area contributed by atoms with Gasteiger partial charge in [-0.3, -0.25) is 14.4 Å². The number of amides is 2. The smallest absolute Gasteiger partial charge is 0.257 e. The Morgan fingerprint density at radius 1 is 0.968 bits per heavy atom. The molecule has 2 amide bonds. The molecule has 0 saturated heterocycles. The Balaban J connectivity index is 1.90. The minimum Gasteiger partial charge on any atom is -0.355 e. The number of halogens is 1. The van der Waals surface area contributed by atoms with Crippen LogP contribution in [0.25, 0.3) is 0 Å². The van der Waals surface area contributed by atoms with E-state index in [2.05, 4.69) is 10.6 Å². The molecular formula is C24H24ClN3O3. The Bertz CT molecular complexity index is 1140. The molecule has 160 valence electrons. The fourth-order valence-electron chi connectivity index (χ4n) is 3.30. The molecule has 3 aromatic rings. The summed E-state index contributed by atoms with van der Waals surface area (Å²) in [5.74, 6) is -1.09. The van der Waals surface area contributed by atoms with E-state index in [1.165, 1.54) is 19.4 Å². The van der Waals surface area contributed by atoms with E-state index in [9.17, 15) is 14.4 Å². The van der Waals surface area contributed by atoms with Crippen LogP contribution in [0, 0.1) is 0 Å². The first-order chi connectivity index (χ1) is 14.9. The van der Waals surface area contributed by atoms with Crippen LogP contribution in [0.5, 0.6) is 0 Å². The first kappa shape index (κ1) is 22.3. The first-order valence-electron chi connectivity index (χ1n) is 9.96. The van der Waals surface area contributed by atoms with Crippen LogP contribution in [0.1, 0.15) is 44.8 Å². The third-order valence-corrected chi connectivity index (χ3v) is 5.36. The van der Waals surface area contributed by atoms with Gasteiger partial charge in [0.05, 0.1) is 6.04 Å². The number of benzene rings is 2. The molecule has 2 aromatic carbocycles. The van der Waals surface area contributed by atoms with E-state index >= 15 is 0 Å². The Morgan fingerprint density at radius 2 is 1.58 bits per heavy atom. The van der Waals surface area contributed by atoms with E-state index < -0.39 is 23.3 Å². The molecule has 1 aromatic heterocycles. The third-order valence-electron chi connectivity index (χ3n) is 5.02. The standard InChI is InChI=1S/C24H24ClN3O3/c1-16(18-10-6-7-11-21(18)25)27-24(31)20-15-28(13-12-17-8-4-3-5-9-17)14-19(22(20)29)23(30)26-2/h3-11,14-16H,12-13H2,1-2H3,(H,26,30)(H,27,31)/t16-/m1/s1. The van der Waals surface area contributed by atoms with E-state index in [1.807, 2.05) is 42.5 Å². The maximum Gasteiger partial charge on any atom is 0.257 e. The number of pyridine rings is 1. The highest BCUT2D eigenvalue weighted by Crippen LogP contribution is 2.22. The number of rotatable bonds is 7. The molecule has 6 nitrogen and oxygen atoms in total. The molecule has 1 atom stereocenters. The molecule has 2 N–H and O–H groups in total. The second-order valence-corrected chi connectivity index (χ2v) is 7.59. The fraction of sp³-hybridized carbons (Fsp3) is 0.208. The number of carbonyl (C=O) groups excluding carboxylic acids is 2. The largest absolute Gasteiger partial charge is 0.355 e. The van der Waals surface area contributed by atoms with Crippen LogP contribution < -0.4 is 16.1 Å². The maximum atomic E-state index is 13.0. The average Bonchev–Trinajstić information content (AvgIpc) is 2.78. The van der Waals surface area contributed by atoms with Gasteiger partial charge >= 0.3 is 0 Å². The summed E-state index contributed by atoms with van der Waals surface area (Å²) in [6.07, 6.45) is 3.67. The molecule has 0 spiro atoms. The van der Waals surface area contributed by atoms with Crippen LogP contribution in [-0.2, 0) is 13.0 Å². The summed E-state index contributed by atoms with van der Waals surface area (Å²) in [5, 5.41) is 5.80. The van der Waals surface area contributed by atoms with Gasteiger partial charge in [0, 0.05) is 31.0 Å². The monoisotopic (exact) mass is 437 g/mol. The van der Waals surface area contributed by atoms with Crippen molar-refractivity contribution in [2.75, 3.05) is 7.05 Å². The minimum atomic E-state index is -0.612. The lowest BCUT2D eigenvalue weighted by Crippen LogP contribution is -2.35. The highest BCUT2D eigenvalue weighted by molar-refractivity contribution is 6.31. The van der Waals surface area contributed by atoms with Crippen molar-refractivity contribution in [2.24, 2.45) is 0 Å². The van der Waals surface area contributed by atoms with Crippen LogP contribution in [0.4, 0.5) is 0 Å². The molecule has 0 bridgehead atoms. The minimum absolute atomic E-state index is 0.0754. The third kappa shape index (κ3) is 5.41. The van der Waals surface area contributed by atoms with Gasteiger partial charge in [-0.1, -0.05) is 60.1 Å². The summed E-state index contributed by atoms with van der Waals surface area (Å²) in [6, 6.07) is 16.6. The van der Waals surface area contributed by atoms with Crippen LogP contribution >= 0.6 is 11.6 Å². The topological polar surface area (TPSA) is 80.2 Å². The Labute approximate surface area is 185 Å². The van der Waals surface area contributed by atoms with Gasteiger partial charge in [-0.25, -0.2) is 0 Å². The van der Waals surface area contributed by atoms with Crippen LogP contribution in [0.3, 0.4) is 0 Å². The number of aryl methyl sites for hydroxylation is 2. The van der Waals surface area contributed by atoms with Gasteiger partial charge in [0.15, 0.2) is 0 Å². The zero-order chi connectivity index (χ0) is 22.4. The Morgan fingerprint density at radius 3 is 2.23 bits per heavy atom. The second-order valence-electron chi connectivity index (χ2n) is 7.18. The van der Waals surface area contributed by atoms with Gasteiger partial charge in [0.25, 0.3) is 11.8 Å². The molecule has 31 heavy (non-hydrogen) atoms. The van der Waals surface area contributed by atoms with Gasteiger partial charge in [0.2, 0.25) is 5.43 Å². The number of hydrogen-bond acceptors (Lipinski definition) is 3. The van der Waals surface area contributed by atoms with E-state index in [-0.39, 0.29) is 11.1 Å². The van der Waals surface area contributed by atoms with Gasteiger partial charge in [-0.05, 0) is 30.5 Å². The fourth-order valence-corrected chi connectivity index (χ4v) is 3.60. The average molecular weight is 438 g/mol. The van der Waals surface area contributed by atoms with Crippen molar-refractivity contribution in [2.45, 2.75) is 25.9 Å². The number of hydrogen-bond donors (Lipinski definition) is 2. The first-order valence-corrected chi connectivity index (χ1v) is 10.3. The lowest BCUT2D eigenvalue weighted by atomic mass is 10.1. The molecule has 0 aliphatic carbocycles. The lowest BCUT2D eigenvalue weighted by Gasteiger charge is -2.17. The van der Waals surface area contributed by atoms with Gasteiger partial charge < -0.3 is 15.2 Å². The van der Waals surface area contributed by atoms with Crippen molar-refractivity contribution in [1.82, 2.24) is 15.2 Å². The van der Waals surface area contributed by atoms with Gasteiger partial charge in [-0.15, -0.1) is 0 Å². The SMILES string of the molecule is CNC(=O)c1cn(CCc2ccccc2)cc(C(=O)N[C@H](C)c2ccccc2Cl)c1=O. The van der Waals surface area contributed by atoms with Crippen molar-refractivity contribution in [3.05, 3.63) is 104 Å². The van der Waals surface area contributed by atoms with Crippen molar-refractivity contribution >= 4 is 23.4 Å². The highest BCUT2D eigenvalue weighted by Gasteiger charge is 2.21. The van der Waals surface area contributed by atoms with Crippen molar-refractivity contribution in [3.63, 3.8) is 0 Å². The highest BCUT2D eigenvalue weighted by atomic mass is 35.5. The number of nitrogens with zero attached hydrogens (tertiary/aromatic N) is 1. The summed E-state index contributed by atoms with van der Waals surface area (Å²) in [5.41, 5.74) is 1.08. The number of aromatic nitrogens is 1. The van der Waals surface area contributed by atoms with Crippen LogP contribution in [-0.4, -0.2) is 23.4 Å². The van der Waals surface area contributed by atoms with E-state index in [0.717, 1.165) is 11.1 Å². The van der Waals surface area contributed by atoms with Crippen molar-refractivity contribution in [1.29, 1.82) is 0 Å². The summed E-state index contributed by atoms with van der Waals surface area (Å²) >= 11 is 6.22. The summed E-state index contributed by atoms with van der Waals surface area (Å²) < 4.78 is 1.70. The predicted octanol–water partition coefficient (Wildman–Crippen LogP) is 3.60. The van der Waals surface area contributed by atoms with Crippen molar-refractivity contribution in [3.8, 4) is 0 Å². The number of nitrogens with one attached hydrogen (secondary N) is 2. The molecule has 0 unspecified atom stereocenters. The maximum absolute atomic E-state index is 13.0. The van der Waals surface area contributed by atoms with E-state index in [0.29, 0.717) is 18.0 Å². The number of carbonyl (C=O) groups is 2. The summed E-state index contributed by atoms with van der Waals surface area (Å²) in [7, 11) is 1.45. The molecular weight excluding hydrogens is 414 g/mol. The molecule has 3 rings (SSSR count). The normalized spacial score (nSPS) is 11.6. The van der Waals surface area contributed by atoms with E-state index in [4.69, 9.17) is 11.6 Å². The second kappa shape index (κ2) is 10.1. The van der Waals surface area contributed by atoms with Crippen LogP contribution in [0.15, 0.2) is 71.8 Å². The molecule has 0 aliphatic rings. The molecule has 0 radical (unpaired) electrons. The van der Waals surface area contributed by atoms with E-state index in [1.54, 1.807) is 23.6 Å². The molecule has 0 saturated carbocycles. The van der Waals surface area contributed by atoms with Gasteiger partial charge in [0.1, 0.15) is 11.1 Å². The lowest BCUT2D eigenvalue weighted by molar-refractivity contribution is 0.0938. The molecule has 0 aliphatic heterocycles. The Hall–Kier alpha value is -3.38. The van der Waals surface area contributed by atoms with Crippen LogP contribution in [0.2, 0.25) is 5.02 Å². The predicted molar refractivity (Wildman–Crippen MR) is 122 cm³/mol. The van der Waals surface area contributed by atoms with Crippen molar-refractivity contribution < 1.29 is 9.59 Å². The molecule has 0 fully saturated rings. The summed E-state index contributed by atoms with van der Waals surface area (Å²) in [6.45, 7) is 2.30. The molecule has 1 heterocycles. The zero-order valence-corrected chi connectivity index (χ0v) is 18.1. The summed E-state index contributed by atoms with van der Waals surface area (Å²) in [4.78, 5) is 38.1. The zero-order valence-electron chi connectivity index (χ0n) is 17.4. The molecule has 7 heteroatoms. The quantitative estimate of drug-likeness (QED) is 0.592. The van der Waals surface area contributed by atoms with Gasteiger partial charge in [-0.2, -0.15) is 0 Å². The Kier molecular flexibility index (Phi) is 7.26.